The molecule has 0 atom stereocenters. The lowest BCUT2D eigenvalue weighted by Crippen LogP contribution is -2.26. The Balaban J connectivity index is 2.86. The monoisotopic (exact) mass is 376 g/mol. The van der Waals surface area contributed by atoms with Gasteiger partial charge < -0.3 is 5.32 Å². The highest BCUT2D eigenvalue weighted by Crippen LogP contribution is 2.25. The van der Waals surface area contributed by atoms with Crippen LogP contribution in [-0.4, -0.2) is 22.0 Å². The molecule has 0 aromatic heterocycles. The van der Waals surface area contributed by atoms with Gasteiger partial charge in [-0.3, -0.25) is 0 Å². The Bertz CT molecular complexity index is 559. The first kappa shape index (κ1) is 18.6. The summed E-state index contributed by atoms with van der Waals surface area (Å²) >= 11 is 3.44. The van der Waals surface area contributed by atoms with E-state index in [9.17, 15) is 8.42 Å². The molecule has 0 unspecified atom stereocenters. The molecule has 0 aliphatic heterocycles. The minimum absolute atomic E-state index is 0.359. The predicted octanol–water partition coefficient (Wildman–Crippen LogP) is 3.34. The van der Waals surface area contributed by atoms with Gasteiger partial charge in [0.05, 0.1) is 4.90 Å². The van der Waals surface area contributed by atoms with Crippen molar-refractivity contribution in [2.24, 2.45) is 0 Å². The van der Waals surface area contributed by atoms with Crippen molar-refractivity contribution in [2.45, 2.75) is 51.0 Å². The predicted molar refractivity (Wildman–Crippen MR) is 91.0 cm³/mol. The van der Waals surface area contributed by atoms with Crippen molar-refractivity contribution in [3.63, 3.8) is 0 Å². The summed E-state index contributed by atoms with van der Waals surface area (Å²) in [6, 6.07) is 3.69. The molecule has 0 fully saturated rings. The van der Waals surface area contributed by atoms with Gasteiger partial charge in [0.2, 0.25) is 10.0 Å². The van der Waals surface area contributed by atoms with Crippen molar-refractivity contribution >= 4 is 26.0 Å². The molecule has 0 spiro atoms. The summed E-state index contributed by atoms with van der Waals surface area (Å²) in [5.74, 6) is 0. The third-order valence-corrected chi connectivity index (χ3v) is 5.76. The third kappa shape index (κ3) is 5.70. The van der Waals surface area contributed by atoms with Crippen molar-refractivity contribution in [1.29, 1.82) is 0 Å². The molecule has 0 heterocycles. The van der Waals surface area contributed by atoms with Crippen LogP contribution in [0.5, 0.6) is 0 Å². The number of sulfonamides is 1. The average Bonchev–Trinajstić information content (AvgIpc) is 2.42. The van der Waals surface area contributed by atoms with Gasteiger partial charge in [-0.1, -0.05) is 42.1 Å². The molecule has 2 N–H and O–H groups in total. The minimum atomic E-state index is -3.45. The van der Waals surface area contributed by atoms with E-state index in [0.717, 1.165) is 41.3 Å². The Morgan fingerprint density at radius 3 is 2.52 bits per heavy atom. The maximum Gasteiger partial charge on any atom is 0.240 e. The Morgan fingerprint density at radius 1 is 1.19 bits per heavy atom. The van der Waals surface area contributed by atoms with Gasteiger partial charge in [-0.15, -0.1) is 0 Å². The first-order valence-electron chi connectivity index (χ1n) is 7.35. The number of hydrogen-bond acceptors (Lipinski definition) is 3. The Labute approximate surface area is 136 Å². The molecule has 0 bridgehead atoms. The van der Waals surface area contributed by atoms with Gasteiger partial charge in [-0.05, 0) is 43.7 Å². The van der Waals surface area contributed by atoms with Gasteiger partial charge in [0.25, 0.3) is 0 Å². The number of hydrogen-bond donors (Lipinski definition) is 2. The van der Waals surface area contributed by atoms with E-state index in [0.29, 0.717) is 18.0 Å². The van der Waals surface area contributed by atoms with Crippen LogP contribution in [0.1, 0.15) is 43.7 Å². The Kier molecular flexibility index (Phi) is 7.87. The second-order valence-electron chi connectivity index (χ2n) is 5.19. The second-order valence-corrected chi connectivity index (χ2v) is 7.78. The molecule has 4 nitrogen and oxygen atoms in total. The molecule has 0 amide bonds. The van der Waals surface area contributed by atoms with Crippen molar-refractivity contribution in [3.05, 3.63) is 27.7 Å². The number of unbranched alkanes of at least 4 members (excludes halogenated alkanes) is 3. The van der Waals surface area contributed by atoms with Crippen LogP contribution in [0.3, 0.4) is 0 Å². The SMILES string of the molecule is CCCCCCNS(=O)(=O)c1cc(CNC)cc(Br)c1C. The van der Waals surface area contributed by atoms with E-state index in [1.807, 2.05) is 20.0 Å². The van der Waals surface area contributed by atoms with Gasteiger partial charge >= 0.3 is 0 Å². The molecule has 120 valence electrons. The maximum atomic E-state index is 12.4. The molecule has 1 aromatic carbocycles. The molecule has 1 aromatic rings. The lowest BCUT2D eigenvalue weighted by molar-refractivity contribution is 0.572. The molecule has 0 radical (unpaired) electrons. The summed E-state index contributed by atoms with van der Waals surface area (Å²) in [6.45, 7) is 5.09. The first-order chi connectivity index (χ1) is 9.92. The fourth-order valence-corrected chi connectivity index (χ4v) is 4.16. The van der Waals surface area contributed by atoms with Gasteiger partial charge in [0.15, 0.2) is 0 Å². The van der Waals surface area contributed by atoms with E-state index in [4.69, 9.17) is 0 Å². The highest BCUT2D eigenvalue weighted by atomic mass is 79.9. The molecular formula is C15H25BrN2O2S. The van der Waals surface area contributed by atoms with Crippen LogP contribution in [0.2, 0.25) is 0 Å². The summed E-state index contributed by atoms with van der Waals surface area (Å²) < 4.78 is 28.4. The fraction of sp³-hybridized carbons (Fsp3) is 0.600. The van der Waals surface area contributed by atoms with Crippen molar-refractivity contribution in [3.8, 4) is 0 Å². The quantitative estimate of drug-likeness (QED) is 0.649. The molecule has 6 heteroatoms. The maximum absolute atomic E-state index is 12.4. The van der Waals surface area contributed by atoms with Crippen LogP contribution in [0, 0.1) is 6.92 Å². The third-order valence-electron chi connectivity index (χ3n) is 3.35. The lowest BCUT2D eigenvalue weighted by atomic mass is 10.1. The minimum Gasteiger partial charge on any atom is -0.316 e. The van der Waals surface area contributed by atoms with E-state index >= 15 is 0 Å². The van der Waals surface area contributed by atoms with Crippen LogP contribution in [0.25, 0.3) is 0 Å². The standard InChI is InChI=1S/C15H25BrN2O2S/c1-4-5-6-7-8-18-21(19,20)15-10-13(11-17-3)9-14(16)12(15)2/h9-10,17-18H,4-8,11H2,1-3H3. The first-order valence-corrected chi connectivity index (χ1v) is 9.63. The lowest BCUT2D eigenvalue weighted by Gasteiger charge is -2.13. The van der Waals surface area contributed by atoms with Gasteiger partial charge in [-0.25, -0.2) is 13.1 Å². The normalized spacial score (nSPS) is 11.8. The van der Waals surface area contributed by atoms with Crippen LogP contribution < -0.4 is 10.0 Å². The van der Waals surface area contributed by atoms with Crippen LogP contribution in [0.4, 0.5) is 0 Å². The highest BCUT2D eigenvalue weighted by Gasteiger charge is 2.18. The summed E-state index contributed by atoms with van der Waals surface area (Å²) in [5, 5.41) is 3.04. The molecule has 1 rings (SSSR count). The van der Waals surface area contributed by atoms with Gasteiger partial charge in [0.1, 0.15) is 0 Å². The van der Waals surface area contributed by atoms with Crippen molar-refractivity contribution < 1.29 is 8.42 Å². The van der Waals surface area contributed by atoms with Crippen LogP contribution in [-0.2, 0) is 16.6 Å². The summed E-state index contributed by atoms with van der Waals surface area (Å²) in [7, 11) is -1.61. The summed E-state index contributed by atoms with van der Waals surface area (Å²) in [5.41, 5.74) is 1.69. The Morgan fingerprint density at radius 2 is 1.90 bits per heavy atom. The molecule has 0 saturated carbocycles. The van der Waals surface area contributed by atoms with E-state index in [2.05, 4.69) is 32.9 Å². The zero-order valence-electron chi connectivity index (χ0n) is 13.0. The average molecular weight is 377 g/mol. The molecule has 21 heavy (non-hydrogen) atoms. The second kappa shape index (κ2) is 8.88. The van der Waals surface area contributed by atoms with Crippen LogP contribution >= 0.6 is 15.9 Å². The van der Waals surface area contributed by atoms with Gasteiger partial charge in [-0.2, -0.15) is 0 Å². The van der Waals surface area contributed by atoms with E-state index < -0.39 is 10.0 Å². The van der Waals surface area contributed by atoms with E-state index in [-0.39, 0.29) is 0 Å². The number of rotatable bonds is 9. The topological polar surface area (TPSA) is 58.2 Å². The largest absolute Gasteiger partial charge is 0.316 e. The van der Waals surface area contributed by atoms with Gasteiger partial charge in [0, 0.05) is 17.6 Å². The number of benzene rings is 1. The summed E-state index contributed by atoms with van der Waals surface area (Å²) in [6.07, 6.45) is 4.22. The summed E-state index contributed by atoms with van der Waals surface area (Å²) in [4.78, 5) is 0.359. The zero-order valence-corrected chi connectivity index (χ0v) is 15.4. The highest BCUT2D eigenvalue weighted by molar-refractivity contribution is 9.10. The molecule has 0 saturated heterocycles. The van der Waals surface area contributed by atoms with Crippen molar-refractivity contribution in [2.75, 3.05) is 13.6 Å². The van der Waals surface area contributed by atoms with Crippen molar-refractivity contribution in [1.82, 2.24) is 10.0 Å². The molecule has 0 aliphatic carbocycles. The molecular weight excluding hydrogens is 352 g/mol. The smallest absolute Gasteiger partial charge is 0.240 e. The fourth-order valence-electron chi connectivity index (χ4n) is 2.13. The van der Waals surface area contributed by atoms with E-state index in [1.165, 1.54) is 0 Å². The number of halogens is 1. The Hall–Kier alpha value is -0.430. The van der Waals surface area contributed by atoms with Crippen LogP contribution in [0.15, 0.2) is 21.5 Å². The van der Waals surface area contributed by atoms with E-state index in [1.54, 1.807) is 6.07 Å². The zero-order chi connectivity index (χ0) is 15.9. The molecule has 0 aliphatic rings. The number of nitrogens with one attached hydrogen (secondary N) is 2.